The number of hydrogen-bond acceptors (Lipinski definition) is 2. The average molecular weight is 174 g/mol. The summed E-state index contributed by atoms with van der Waals surface area (Å²) in [6, 6.07) is 7.09. The van der Waals surface area contributed by atoms with Crippen LogP contribution in [0, 0.1) is 0 Å². The summed E-state index contributed by atoms with van der Waals surface area (Å²) in [5.41, 5.74) is 1.10. The molecule has 0 aliphatic carbocycles. The van der Waals surface area contributed by atoms with Crippen molar-refractivity contribution in [2.75, 3.05) is 19.0 Å². The second kappa shape index (κ2) is 4.09. The van der Waals surface area contributed by atoms with E-state index in [9.17, 15) is 0 Å². The maximum absolute atomic E-state index is 8.92. The van der Waals surface area contributed by atoms with Crippen LogP contribution in [0.4, 0.5) is 5.69 Å². The molecule has 1 aromatic rings. The van der Waals surface area contributed by atoms with Gasteiger partial charge < -0.3 is 10.0 Å². The summed E-state index contributed by atoms with van der Waals surface area (Å²) in [6.07, 6.45) is 0. The second-order valence-electron chi connectivity index (χ2n) is 2.41. The molecule has 0 spiro atoms. The Hall–Kier alpha value is -0.890. The van der Waals surface area contributed by atoms with Crippen molar-refractivity contribution < 1.29 is 5.11 Å². The Labute approximate surface area is 72.9 Å². The van der Waals surface area contributed by atoms with Gasteiger partial charge in [0.1, 0.15) is 5.75 Å². The highest BCUT2D eigenvalue weighted by molar-refractivity contribution is 5.85. The standard InChI is InChI=1S/C8H11NO.ClH/c1-9(2)7-3-5-8(10)6-4-7;/h3-6,10H,1-2H3;1H. The zero-order valence-electron chi connectivity index (χ0n) is 6.61. The van der Waals surface area contributed by atoms with Crippen molar-refractivity contribution in [2.45, 2.75) is 0 Å². The van der Waals surface area contributed by atoms with E-state index in [4.69, 9.17) is 5.11 Å². The predicted octanol–water partition coefficient (Wildman–Crippen LogP) is 1.88. The van der Waals surface area contributed by atoms with Crippen LogP contribution in [0.25, 0.3) is 0 Å². The Morgan fingerprint density at radius 2 is 1.55 bits per heavy atom. The van der Waals surface area contributed by atoms with Crippen molar-refractivity contribution in [3.05, 3.63) is 24.3 Å². The van der Waals surface area contributed by atoms with Gasteiger partial charge in [-0.2, -0.15) is 0 Å². The monoisotopic (exact) mass is 173 g/mol. The molecule has 0 aliphatic heterocycles. The third-order valence-corrected chi connectivity index (χ3v) is 1.37. The minimum Gasteiger partial charge on any atom is -0.508 e. The van der Waals surface area contributed by atoms with E-state index in [0.29, 0.717) is 5.75 Å². The van der Waals surface area contributed by atoms with Crippen molar-refractivity contribution in [3.8, 4) is 5.75 Å². The molecule has 0 radical (unpaired) electrons. The van der Waals surface area contributed by atoms with Crippen molar-refractivity contribution in [3.63, 3.8) is 0 Å². The Morgan fingerprint density at radius 3 is 1.91 bits per heavy atom. The lowest BCUT2D eigenvalue weighted by molar-refractivity contribution is 0.475. The van der Waals surface area contributed by atoms with E-state index in [0.717, 1.165) is 5.69 Å². The summed E-state index contributed by atoms with van der Waals surface area (Å²) in [5.74, 6) is 0.311. The molecule has 0 aromatic heterocycles. The molecule has 0 saturated carbocycles. The number of rotatable bonds is 1. The fraction of sp³-hybridized carbons (Fsp3) is 0.250. The molecule has 0 amide bonds. The smallest absolute Gasteiger partial charge is 0.115 e. The van der Waals surface area contributed by atoms with Gasteiger partial charge in [0.15, 0.2) is 0 Å². The Bertz CT molecular complexity index is 208. The third kappa shape index (κ3) is 2.68. The highest BCUT2D eigenvalue weighted by Gasteiger charge is 1.92. The topological polar surface area (TPSA) is 23.5 Å². The number of hydrogen-bond donors (Lipinski definition) is 1. The van der Waals surface area contributed by atoms with E-state index in [1.807, 2.05) is 31.1 Å². The first kappa shape index (κ1) is 10.1. The highest BCUT2D eigenvalue weighted by atomic mass is 35.5. The van der Waals surface area contributed by atoms with E-state index in [1.165, 1.54) is 0 Å². The Morgan fingerprint density at radius 1 is 1.09 bits per heavy atom. The van der Waals surface area contributed by atoms with Crippen LogP contribution in [0.2, 0.25) is 0 Å². The molecule has 0 atom stereocenters. The van der Waals surface area contributed by atoms with Gasteiger partial charge in [-0.15, -0.1) is 12.4 Å². The predicted molar refractivity (Wildman–Crippen MR) is 49.7 cm³/mol. The molecule has 3 heteroatoms. The molecule has 62 valence electrons. The number of aromatic hydroxyl groups is 1. The summed E-state index contributed by atoms with van der Waals surface area (Å²) in [5, 5.41) is 8.92. The molecule has 11 heavy (non-hydrogen) atoms. The number of anilines is 1. The number of phenols is 1. The molecular weight excluding hydrogens is 162 g/mol. The van der Waals surface area contributed by atoms with Gasteiger partial charge >= 0.3 is 0 Å². The molecular formula is C8H12ClNO. The van der Waals surface area contributed by atoms with Gasteiger partial charge in [-0.1, -0.05) is 0 Å². The normalized spacial score (nSPS) is 8.55. The maximum Gasteiger partial charge on any atom is 0.115 e. The molecule has 0 aliphatic rings. The van der Waals surface area contributed by atoms with Crippen LogP contribution in [-0.4, -0.2) is 19.2 Å². The van der Waals surface area contributed by atoms with Gasteiger partial charge in [0.05, 0.1) is 0 Å². The summed E-state index contributed by atoms with van der Waals surface area (Å²) in [7, 11) is 3.93. The zero-order chi connectivity index (χ0) is 7.56. The third-order valence-electron chi connectivity index (χ3n) is 1.37. The first-order valence-electron chi connectivity index (χ1n) is 3.16. The molecule has 0 saturated heterocycles. The first-order chi connectivity index (χ1) is 4.70. The van der Waals surface area contributed by atoms with Crippen LogP contribution in [-0.2, 0) is 0 Å². The number of halogens is 1. The lowest BCUT2D eigenvalue weighted by atomic mass is 10.3. The molecule has 0 fully saturated rings. The SMILES string of the molecule is CN(C)c1ccc(O)cc1.Cl. The van der Waals surface area contributed by atoms with Gasteiger partial charge in [-0.3, -0.25) is 0 Å². The van der Waals surface area contributed by atoms with E-state index in [1.54, 1.807) is 12.1 Å². The first-order valence-corrected chi connectivity index (χ1v) is 3.16. The zero-order valence-corrected chi connectivity index (χ0v) is 7.43. The van der Waals surface area contributed by atoms with Crippen molar-refractivity contribution in [1.29, 1.82) is 0 Å². The van der Waals surface area contributed by atoms with E-state index in [-0.39, 0.29) is 12.4 Å². The van der Waals surface area contributed by atoms with Crippen LogP contribution < -0.4 is 4.90 Å². The summed E-state index contributed by atoms with van der Waals surface area (Å²) >= 11 is 0. The molecule has 1 N–H and O–H groups in total. The average Bonchev–Trinajstić information content (AvgIpc) is 1.88. The largest absolute Gasteiger partial charge is 0.508 e. The highest BCUT2D eigenvalue weighted by Crippen LogP contribution is 2.15. The lowest BCUT2D eigenvalue weighted by Crippen LogP contribution is -2.07. The minimum atomic E-state index is 0. The molecule has 0 bridgehead atoms. The molecule has 0 unspecified atom stereocenters. The van der Waals surface area contributed by atoms with Crippen molar-refractivity contribution >= 4 is 18.1 Å². The van der Waals surface area contributed by atoms with Gasteiger partial charge in [0.2, 0.25) is 0 Å². The van der Waals surface area contributed by atoms with Crippen LogP contribution in [0.3, 0.4) is 0 Å². The summed E-state index contributed by atoms with van der Waals surface area (Å²) in [4.78, 5) is 1.99. The maximum atomic E-state index is 8.92. The lowest BCUT2D eigenvalue weighted by Gasteiger charge is -2.11. The Kier molecular flexibility index (Phi) is 3.76. The van der Waals surface area contributed by atoms with Gasteiger partial charge in [-0.05, 0) is 24.3 Å². The number of phenolic OH excluding ortho intramolecular Hbond substituents is 1. The van der Waals surface area contributed by atoms with Crippen LogP contribution in [0.1, 0.15) is 0 Å². The van der Waals surface area contributed by atoms with E-state index >= 15 is 0 Å². The molecule has 1 rings (SSSR count). The number of benzene rings is 1. The number of nitrogens with zero attached hydrogens (tertiary/aromatic N) is 1. The van der Waals surface area contributed by atoms with Crippen LogP contribution >= 0.6 is 12.4 Å². The fourth-order valence-electron chi connectivity index (χ4n) is 0.751. The van der Waals surface area contributed by atoms with Gasteiger partial charge in [0.25, 0.3) is 0 Å². The minimum absolute atomic E-state index is 0. The molecule has 1 aromatic carbocycles. The van der Waals surface area contributed by atoms with E-state index in [2.05, 4.69) is 0 Å². The van der Waals surface area contributed by atoms with Crippen molar-refractivity contribution in [1.82, 2.24) is 0 Å². The van der Waals surface area contributed by atoms with Gasteiger partial charge in [0, 0.05) is 19.8 Å². The van der Waals surface area contributed by atoms with Crippen molar-refractivity contribution in [2.24, 2.45) is 0 Å². The molecule has 0 heterocycles. The Balaban J connectivity index is 0.000001000. The summed E-state index contributed by atoms with van der Waals surface area (Å²) in [6.45, 7) is 0. The molecule has 2 nitrogen and oxygen atoms in total. The fourth-order valence-corrected chi connectivity index (χ4v) is 0.751. The quantitative estimate of drug-likeness (QED) is 0.701. The van der Waals surface area contributed by atoms with Crippen LogP contribution in [0.5, 0.6) is 5.75 Å². The summed E-state index contributed by atoms with van der Waals surface area (Å²) < 4.78 is 0. The van der Waals surface area contributed by atoms with Crippen LogP contribution in [0.15, 0.2) is 24.3 Å². The second-order valence-corrected chi connectivity index (χ2v) is 2.41. The van der Waals surface area contributed by atoms with Gasteiger partial charge in [-0.25, -0.2) is 0 Å². The van der Waals surface area contributed by atoms with E-state index < -0.39 is 0 Å².